The minimum absolute atomic E-state index is 0.0505. The summed E-state index contributed by atoms with van der Waals surface area (Å²) in [6.45, 7) is 2.08. The maximum Gasteiger partial charge on any atom is 0.257 e. The minimum Gasteiger partial charge on any atom is -0.504 e. The predicted octanol–water partition coefficient (Wildman–Crippen LogP) is 3.18. The van der Waals surface area contributed by atoms with Crippen LogP contribution < -0.4 is 10.1 Å². The number of benzene rings is 1. The number of carbonyl (C=O) groups is 2. The standard InChI is InChI=1S/C17H23NO4/c1-3-4-5-6-7-8-9-16(20)18-17(21)13-10-11-14(19)15(12-13)22-2/h4-5,10-12,19H,3,6-9H2,1-2H3,(H,18,20,21)/b5-4+. The van der Waals surface area contributed by atoms with Crippen LogP contribution in [0.1, 0.15) is 49.4 Å². The molecule has 1 aromatic rings. The largest absolute Gasteiger partial charge is 0.504 e. The molecule has 22 heavy (non-hydrogen) atoms. The van der Waals surface area contributed by atoms with Crippen molar-refractivity contribution in [2.75, 3.05) is 7.11 Å². The van der Waals surface area contributed by atoms with Crippen LogP contribution in [0.15, 0.2) is 30.4 Å². The van der Waals surface area contributed by atoms with E-state index in [4.69, 9.17) is 4.74 Å². The number of allylic oxidation sites excluding steroid dienone is 2. The monoisotopic (exact) mass is 305 g/mol. The third-order valence-electron chi connectivity index (χ3n) is 3.12. The smallest absolute Gasteiger partial charge is 0.257 e. The molecular formula is C17H23NO4. The van der Waals surface area contributed by atoms with Gasteiger partial charge >= 0.3 is 0 Å². The van der Waals surface area contributed by atoms with E-state index in [0.717, 1.165) is 25.7 Å². The second-order valence-corrected chi connectivity index (χ2v) is 4.89. The molecule has 0 aliphatic carbocycles. The third kappa shape index (κ3) is 5.99. The highest BCUT2D eigenvalue weighted by atomic mass is 16.5. The van der Waals surface area contributed by atoms with Crippen LogP contribution in [0.4, 0.5) is 0 Å². The molecule has 0 spiro atoms. The van der Waals surface area contributed by atoms with Crippen molar-refractivity contribution in [3.63, 3.8) is 0 Å². The summed E-state index contributed by atoms with van der Waals surface area (Å²) in [7, 11) is 1.40. The molecule has 0 aliphatic rings. The fourth-order valence-electron chi connectivity index (χ4n) is 1.91. The van der Waals surface area contributed by atoms with Crippen molar-refractivity contribution >= 4 is 11.8 Å². The van der Waals surface area contributed by atoms with Gasteiger partial charge in [0.25, 0.3) is 5.91 Å². The lowest BCUT2D eigenvalue weighted by molar-refractivity contribution is -0.120. The van der Waals surface area contributed by atoms with Crippen LogP contribution in [-0.2, 0) is 4.79 Å². The van der Waals surface area contributed by atoms with Gasteiger partial charge in [-0.05, 0) is 43.9 Å². The highest BCUT2D eigenvalue weighted by Crippen LogP contribution is 2.26. The van der Waals surface area contributed by atoms with E-state index in [9.17, 15) is 14.7 Å². The van der Waals surface area contributed by atoms with E-state index in [-0.39, 0.29) is 23.0 Å². The number of unbranched alkanes of at least 4 members (excludes halogenated alkanes) is 2. The summed E-state index contributed by atoms with van der Waals surface area (Å²) < 4.78 is 4.93. The van der Waals surface area contributed by atoms with Gasteiger partial charge in [-0.3, -0.25) is 14.9 Å². The van der Waals surface area contributed by atoms with Crippen LogP contribution >= 0.6 is 0 Å². The molecule has 120 valence electrons. The Hall–Kier alpha value is -2.30. The summed E-state index contributed by atoms with van der Waals surface area (Å²) in [5, 5.41) is 11.8. The number of phenols is 1. The van der Waals surface area contributed by atoms with E-state index in [2.05, 4.69) is 24.4 Å². The Labute approximate surface area is 131 Å². The molecule has 0 bridgehead atoms. The summed E-state index contributed by atoms with van der Waals surface area (Å²) in [4.78, 5) is 23.6. The molecule has 0 saturated carbocycles. The van der Waals surface area contributed by atoms with Gasteiger partial charge in [0.05, 0.1) is 7.11 Å². The highest BCUT2D eigenvalue weighted by molar-refractivity contribution is 6.04. The van der Waals surface area contributed by atoms with Crippen molar-refractivity contribution < 1.29 is 19.4 Å². The number of ether oxygens (including phenoxy) is 1. The Balaban J connectivity index is 2.41. The maximum absolute atomic E-state index is 11.9. The number of amides is 2. The van der Waals surface area contributed by atoms with Crippen molar-refractivity contribution in [2.24, 2.45) is 0 Å². The topological polar surface area (TPSA) is 75.6 Å². The van der Waals surface area contributed by atoms with E-state index in [0.29, 0.717) is 6.42 Å². The molecule has 0 fully saturated rings. The van der Waals surface area contributed by atoms with Gasteiger partial charge in [0.15, 0.2) is 11.5 Å². The maximum atomic E-state index is 11.9. The molecule has 1 rings (SSSR count). The summed E-state index contributed by atoms with van der Waals surface area (Å²) in [6, 6.07) is 4.20. The molecule has 0 unspecified atom stereocenters. The minimum atomic E-state index is -0.492. The van der Waals surface area contributed by atoms with Gasteiger partial charge in [-0.1, -0.05) is 19.1 Å². The number of methoxy groups -OCH3 is 1. The Morgan fingerprint density at radius 1 is 1.27 bits per heavy atom. The lowest BCUT2D eigenvalue weighted by Gasteiger charge is -2.07. The fourth-order valence-corrected chi connectivity index (χ4v) is 1.91. The molecule has 2 N–H and O–H groups in total. The van der Waals surface area contributed by atoms with Crippen LogP contribution in [0.25, 0.3) is 0 Å². The van der Waals surface area contributed by atoms with Crippen LogP contribution in [0, 0.1) is 0 Å². The van der Waals surface area contributed by atoms with Gasteiger partial charge in [-0.25, -0.2) is 0 Å². The number of hydrogen-bond donors (Lipinski definition) is 2. The van der Waals surface area contributed by atoms with Crippen molar-refractivity contribution in [2.45, 2.75) is 39.0 Å². The number of rotatable bonds is 8. The number of phenolic OH excluding ortho intramolecular Hbond substituents is 1. The van der Waals surface area contributed by atoms with Crippen LogP contribution in [-0.4, -0.2) is 24.0 Å². The SMILES string of the molecule is CC/C=C/CCCCC(=O)NC(=O)c1ccc(O)c(OC)c1. The summed E-state index contributed by atoms with van der Waals surface area (Å²) in [6.07, 6.45) is 8.15. The summed E-state index contributed by atoms with van der Waals surface area (Å²) >= 11 is 0. The average Bonchev–Trinajstić information content (AvgIpc) is 2.51. The summed E-state index contributed by atoms with van der Waals surface area (Å²) in [5.41, 5.74) is 0.272. The summed E-state index contributed by atoms with van der Waals surface area (Å²) in [5.74, 6) is -0.640. The number of imide groups is 1. The molecule has 0 radical (unpaired) electrons. The normalized spacial score (nSPS) is 10.6. The number of nitrogens with one attached hydrogen (secondary N) is 1. The highest BCUT2D eigenvalue weighted by Gasteiger charge is 2.12. The Morgan fingerprint density at radius 3 is 2.73 bits per heavy atom. The first-order valence-corrected chi connectivity index (χ1v) is 7.44. The number of aromatic hydroxyl groups is 1. The molecule has 5 heteroatoms. The van der Waals surface area contributed by atoms with Crippen LogP contribution in [0.3, 0.4) is 0 Å². The van der Waals surface area contributed by atoms with Crippen LogP contribution in [0.2, 0.25) is 0 Å². The van der Waals surface area contributed by atoms with Gasteiger partial charge in [-0.2, -0.15) is 0 Å². The van der Waals surface area contributed by atoms with E-state index >= 15 is 0 Å². The third-order valence-corrected chi connectivity index (χ3v) is 3.12. The van der Waals surface area contributed by atoms with Gasteiger partial charge in [0.2, 0.25) is 5.91 Å². The van der Waals surface area contributed by atoms with Gasteiger partial charge in [-0.15, -0.1) is 0 Å². The van der Waals surface area contributed by atoms with Crippen molar-refractivity contribution in [3.05, 3.63) is 35.9 Å². The van der Waals surface area contributed by atoms with E-state index in [1.165, 1.54) is 25.3 Å². The average molecular weight is 305 g/mol. The molecule has 0 aliphatic heterocycles. The zero-order chi connectivity index (χ0) is 16.4. The van der Waals surface area contributed by atoms with Gasteiger partial charge < -0.3 is 9.84 Å². The predicted molar refractivity (Wildman–Crippen MR) is 85.0 cm³/mol. The molecule has 1 aromatic carbocycles. The van der Waals surface area contributed by atoms with Crippen LogP contribution in [0.5, 0.6) is 11.5 Å². The molecule has 0 saturated heterocycles. The van der Waals surface area contributed by atoms with Gasteiger partial charge in [0.1, 0.15) is 0 Å². The molecular weight excluding hydrogens is 282 g/mol. The Kier molecular flexibility index (Phi) is 7.75. The van der Waals surface area contributed by atoms with E-state index in [1.54, 1.807) is 0 Å². The quantitative estimate of drug-likeness (QED) is 0.571. The molecule has 0 aromatic heterocycles. The second kappa shape index (κ2) is 9.60. The van der Waals surface area contributed by atoms with Crippen molar-refractivity contribution in [3.8, 4) is 11.5 Å². The first-order valence-electron chi connectivity index (χ1n) is 7.44. The number of carbonyl (C=O) groups excluding carboxylic acids is 2. The zero-order valence-electron chi connectivity index (χ0n) is 13.1. The first-order chi connectivity index (χ1) is 10.6. The second-order valence-electron chi connectivity index (χ2n) is 4.89. The molecule has 2 amide bonds. The Morgan fingerprint density at radius 2 is 2.05 bits per heavy atom. The molecule has 0 atom stereocenters. The zero-order valence-corrected chi connectivity index (χ0v) is 13.1. The van der Waals surface area contributed by atoms with E-state index in [1.807, 2.05) is 0 Å². The fraction of sp³-hybridized carbons (Fsp3) is 0.412. The lowest BCUT2D eigenvalue weighted by atomic mass is 10.1. The molecule has 5 nitrogen and oxygen atoms in total. The Bertz CT molecular complexity index is 537. The molecule has 0 heterocycles. The van der Waals surface area contributed by atoms with Gasteiger partial charge in [0, 0.05) is 12.0 Å². The lowest BCUT2D eigenvalue weighted by Crippen LogP contribution is -2.30. The van der Waals surface area contributed by atoms with Crippen molar-refractivity contribution in [1.29, 1.82) is 0 Å². The first kappa shape index (κ1) is 17.8. The van der Waals surface area contributed by atoms with Crippen molar-refractivity contribution in [1.82, 2.24) is 5.32 Å². The number of hydrogen-bond acceptors (Lipinski definition) is 4. The van der Waals surface area contributed by atoms with E-state index < -0.39 is 5.91 Å².